The molecular formula is C54H69BN8O2. The number of carbonyl (C=O) groups excluding carboxylic acids is 1. The van der Waals surface area contributed by atoms with Gasteiger partial charge in [-0.1, -0.05) is 60.7 Å². The highest BCUT2D eigenvalue weighted by atomic mass is 16.5. The quantitative estimate of drug-likeness (QED) is 0.121. The number of hydrogen-bond acceptors (Lipinski definition) is 7. The van der Waals surface area contributed by atoms with Crippen LogP contribution in [0.3, 0.4) is 0 Å². The molecular weight excluding hydrogens is 803 g/mol. The van der Waals surface area contributed by atoms with Crippen molar-refractivity contribution >= 4 is 35.8 Å². The van der Waals surface area contributed by atoms with E-state index in [9.17, 15) is 4.79 Å². The Balaban J connectivity index is 0.000000145. The lowest BCUT2D eigenvalue weighted by Gasteiger charge is -2.23. The maximum Gasteiger partial charge on any atom is 0.253 e. The number of fused-ring (bicyclic) bond motifs is 2. The van der Waals surface area contributed by atoms with Gasteiger partial charge in [0.05, 0.1) is 22.1 Å². The number of benzene rings is 4. The minimum absolute atomic E-state index is 0.0463. The van der Waals surface area contributed by atoms with Gasteiger partial charge < -0.3 is 18.8 Å². The van der Waals surface area contributed by atoms with Crippen LogP contribution in [0.15, 0.2) is 97.1 Å². The summed E-state index contributed by atoms with van der Waals surface area (Å²) in [5.41, 5.74) is 9.32. The van der Waals surface area contributed by atoms with Crippen LogP contribution in [-0.2, 0) is 37.2 Å². The first kappa shape index (κ1) is 45.4. The largest absolute Gasteiger partial charge is 0.388 e. The summed E-state index contributed by atoms with van der Waals surface area (Å²) in [5, 5.41) is 0. The van der Waals surface area contributed by atoms with Gasteiger partial charge in [0.2, 0.25) is 0 Å². The van der Waals surface area contributed by atoms with Crippen molar-refractivity contribution in [3.63, 3.8) is 0 Å². The molecule has 3 atom stereocenters. The van der Waals surface area contributed by atoms with Gasteiger partial charge in [-0.15, -0.1) is 0 Å². The van der Waals surface area contributed by atoms with Crippen molar-refractivity contribution in [2.45, 2.75) is 116 Å². The monoisotopic (exact) mass is 873 g/mol. The SMILES string of the molecule is CCn1c(Cc2ccc(C(=O)N3CC[C@H](N4CCCC4)C3)cc2)nc2ccccc21.CCn1c(Cc2ccc(CN3CC[C@H](N4CCCC4)C3)cc2)nc2ccccc21.[B]C1CCCO1. The van der Waals surface area contributed by atoms with Gasteiger partial charge in [0.25, 0.3) is 5.91 Å². The first-order chi connectivity index (χ1) is 31.9. The van der Waals surface area contributed by atoms with Crippen LogP contribution in [0.2, 0.25) is 0 Å². The Morgan fingerprint density at radius 3 is 1.62 bits per heavy atom. The molecule has 0 aliphatic carbocycles. The molecule has 0 spiro atoms. The van der Waals surface area contributed by atoms with E-state index in [0.717, 1.165) is 106 Å². The van der Waals surface area contributed by atoms with Crippen LogP contribution in [0.25, 0.3) is 22.1 Å². The summed E-state index contributed by atoms with van der Waals surface area (Å²) in [6, 6.07) is 35.5. The number of hydrogen-bond donors (Lipinski definition) is 0. The third-order valence-electron chi connectivity index (χ3n) is 14.4. The number of para-hydroxylation sites is 4. The second-order valence-electron chi connectivity index (χ2n) is 18.8. The van der Waals surface area contributed by atoms with Gasteiger partial charge in [-0.3, -0.25) is 19.5 Å². The predicted octanol–water partition coefficient (Wildman–Crippen LogP) is 8.57. The predicted molar refractivity (Wildman–Crippen MR) is 264 cm³/mol. The molecule has 0 saturated carbocycles. The molecule has 1 amide bonds. The molecule has 2 aromatic heterocycles. The lowest BCUT2D eigenvalue weighted by atomic mass is 9.98. The molecule has 5 saturated heterocycles. The highest BCUT2D eigenvalue weighted by Gasteiger charge is 2.32. The van der Waals surface area contributed by atoms with E-state index >= 15 is 0 Å². The van der Waals surface area contributed by atoms with E-state index in [-0.39, 0.29) is 11.9 Å². The molecule has 5 fully saturated rings. The zero-order valence-corrected chi connectivity index (χ0v) is 39.0. The zero-order valence-electron chi connectivity index (χ0n) is 39.0. The molecule has 1 unspecified atom stereocenters. The first-order valence-corrected chi connectivity index (χ1v) is 24.8. The summed E-state index contributed by atoms with van der Waals surface area (Å²) < 4.78 is 9.54. The van der Waals surface area contributed by atoms with Crippen molar-refractivity contribution in [3.05, 3.63) is 131 Å². The van der Waals surface area contributed by atoms with E-state index in [1.165, 1.54) is 99.1 Å². The number of imidazole rings is 2. The average Bonchev–Trinajstić information content (AvgIpc) is 4.20. The third-order valence-corrected chi connectivity index (χ3v) is 14.4. The lowest BCUT2D eigenvalue weighted by Crippen LogP contribution is -2.37. The Morgan fingerprint density at radius 2 is 1.11 bits per heavy atom. The number of likely N-dealkylation sites (tertiary alicyclic amines) is 4. The van der Waals surface area contributed by atoms with Crippen molar-refractivity contribution in [2.24, 2.45) is 0 Å². The van der Waals surface area contributed by atoms with Gasteiger partial charge in [0, 0.05) is 88.9 Å². The number of nitrogens with zero attached hydrogens (tertiary/aromatic N) is 8. The summed E-state index contributed by atoms with van der Waals surface area (Å²) >= 11 is 0. The van der Waals surface area contributed by atoms with Crippen molar-refractivity contribution in [1.29, 1.82) is 0 Å². The van der Waals surface area contributed by atoms with Crippen LogP contribution in [-0.4, -0.2) is 130 Å². The number of rotatable bonds is 11. The van der Waals surface area contributed by atoms with E-state index in [4.69, 9.17) is 22.6 Å². The van der Waals surface area contributed by atoms with Crippen molar-refractivity contribution < 1.29 is 9.53 Å². The smallest absolute Gasteiger partial charge is 0.253 e. The first-order valence-electron chi connectivity index (χ1n) is 24.8. The van der Waals surface area contributed by atoms with Crippen LogP contribution in [0.4, 0.5) is 0 Å². The molecule has 6 aromatic rings. The molecule has 5 aliphatic rings. The summed E-state index contributed by atoms with van der Waals surface area (Å²) in [5.74, 6) is 2.41. The van der Waals surface area contributed by atoms with Crippen molar-refractivity contribution in [2.75, 3.05) is 59.0 Å². The van der Waals surface area contributed by atoms with E-state index < -0.39 is 0 Å². The summed E-state index contributed by atoms with van der Waals surface area (Å²) in [7, 11) is 5.31. The van der Waals surface area contributed by atoms with E-state index in [2.05, 4.69) is 117 Å². The van der Waals surface area contributed by atoms with Crippen LogP contribution in [0, 0.1) is 0 Å². The van der Waals surface area contributed by atoms with Gasteiger partial charge in [0.1, 0.15) is 19.5 Å². The standard InChI is InChI=1S/C25H30N4O.C25H32N4.C4H7BO/c1-2-29-23-8-4-3-7-22(23)26-24(29)17-19-9-11-20(12-10-19)25(30)28-16-13-21(18-28)27-14-5-6-15-27;1-2-29-24-8-4-3-7-23(24)26-25(29)17-20-9-11-21(12-10-20)18-27-16-13-22(19-27)28-14-5-6-15-28;5-4-2-1-3-6-4/h3-4,7-12,21H,2,5-6,13-18H2,1H3;3-4,7-12,22H,2,5-6,13-19H2,1H3;4H,1-3H2/t21-;22-;/m00./s1. The Hall–Kier alpha value is -4.81. The number of aryl methyl sites for hydroxylation is 2. The Kier molecular flexibility index (Phi) is 15.1. The molecule has 10 nitrogen and oxygen atoms in total. The zero-order chi connectivity index (χ0) is 44.5. The molecule has 65 heavy (non-hydrogen) atoms. The Labute approximate surface area is 388 Å². The number of amides is 1. The maximum atomic E-state index is 13.0. The third kappa shape index (κ3) is 11.1. The molecule has 5 aliphatic heterocycles. The van der Waals surface area contributed by atoms with Gasteiger partial charge in [-0.25, -0.2) is 9.97 Å². The van der Waals surface area contributed by atoms with Crippen LogP contribution >= 0.6 is 0 Å². The molecule has 2 radical (unpaired) electrons. The highest BCUT2D eigenvalue weighted by molar-refractivity contribution is 6.11. The molecule has 0 N–H and O–H groups in total. The molecule has 11 heteroatoms. The lowest BCUT2D eigenvalue weighted by molar-refractivity contribution is 0.0780. The summed E-state index contributed by atoms with van der Waals surface area (Å²) in [4.78, 5) is 32.6. The molecule has 4 aromatic carbocycles. The minimum atomic E-state index is 0.0463. The summed E-state index contributed by atoms with van der Waals surface area (Å²) in [6.07, 6.45) is 11.7. The van der Waals surface area contributed by atoms with Gasteiger partial charge >= 0.3 is 0 Å². The van der Waals surface area contributed by atoms with Crippen LogP contribution < -0.4 is 0 Å². The second-order valence-corrected chi connectivity index (χ2v) is 18.8. The number of carbonyl (C=O) groups is 1. The summed E-state index contributed by atoms with van der Waals surface area (Å²) in [6.45, 7) is 17.4. The fraction of sp³-hybridized carbons (Fsp3) is 0.500. The number of ether oxygens (including phenoxy) is 1. The van der Waals surface area contributed by atoms with Crippen LogP contribution in [0.5, 0.6) is 0 Å². The van der Waals surface area contributed by atoms with Crippen LogP contribution in [0.1, 0.15) is 104 Å². The molecule has 7 heterocycles. The number of aromatic nitrogens is 4. The molecule has 11 rings (SSSR count). The van der Waals surface area contributed by atoms with E-state index in [1.807, 2.05) is 23.1 Å². The maximum absolute atomic E-state index is 13.0. The molecule has 340 valence electrons. The van der Waals surface area contributed by atoms with E-state index in [0.29, 0.717) is 6.04 Å². The fourth-order valence-electron chi connectivity index (χ4n) is 10.9. The fourth-order valence-corrected chi connectivity index (χ4v) is 10.9. The van der Waals surface area contributed by atoms with Gasteiger partial charge in [0.15, 0.2) is 0 Å². The Morgan fingerprint density at radius 1 is 0.600 bits per heavy atom. The van der Waals surface area contributed by atoms with Crippen molar-refractivity contribution in [1.82, 2.24) is 38.7 Å². The van der Waals surface area contributed by atoms with Gasteiger partial charge in [-0.05, 0) is 144 Å². The topological polar surface area (TPSA) is 74.9 Å². The minimum Gasteiger partial charge on any atom is -0.388 e. The molecule has 0 bridgehead atoms. The second kappa shape index (κ2) is 21.7. The van der Waals surface area contributed by atoms with Crippen molar-refractivity contribution in [3.8, 4) is 0 Å². The normalized spacial score (nSPS) is 21.6. The van der Waals surface area contributed by atoms with E-state index in [1.54, 1.807) is 0 Å². The average molecular weight is 873 g/mol. The van der Waals surface area contributed by atoms with Gasteiger partial charge in [-0.2, -0.15) is 0 Å². The Bertz CT molecular complexity index is 2450. The highest BCUT2D eigenvalue weighted by Crippen LogP contribution is 2.25.